The zero-order valence-electron chi connectivity index (χ0n) is 18.1. The third-order valence-corrected chi connectivity index (χ3v) is 5.99. The lowest BCUT2D eigenvalue weighted by Gasteiger charge is -2.40. The van der Waals surface area contributed by atoms with E-state index >= 15 is 0 Å². The Morgan fingerprint density at radius 3 is 2.53 bits per heavy atom. The van der Waals surface area contributed by atoms with Crippen LogP contribution in [0.2, 0.25) is 0 Å². The van der Waals surface area contributed by atoms with Crippen molar-refractivity contribution in [1.29, 1.82) is 5.26 Å². The average molecular weight is 401 g/mol. The minimum atomic E-state index is 0.525. The van der Waals surface area contributed by atoms with Crippen molar-refractivity contribution < 1.29 is 4.74 Å². The summed E-state index contributed by atoms with van der Waals surface area (Å²) < 4.78 is 5.36. The fraction of sp³-hybridized carbons (Fsp3) is 0.360. The number of H-pyrrole nitrogens is 1. The number of aryl methyl sites for hydroxylation is 3. The van der Waals surface area contributed by atoms with Crippen LogP contribution in [0, 0.1) is 32.1 Å². The van der Waals surface area contributed by atoms with Crippen LogP contribution in [0.5, 0.6) is 0 Å². The highest BCUT2D eigenvalue weighted by atomic mass is 16.5. The number of methoxy groups -OCH3 is 1. The summed E-state index contributed by atoms with van der Waals surface area (Å²) in [4.78, 5) is 10.6. The number of hydrogen-bond donors (Lipinski definition) is 1. The van der Waals surface area contributed by atoms with E-state index in [0.29, 0.717) is 12.5 Å². The molecule has 30 heavy (non-hydrogen) atoms. The summed E-state index contributed by atoms with van der Waals surface area (Å²) in [7, 11) is 1.71. The predicted molar refractivity (Wildman–Crippen MR) is 118 cm³/mol. The number of aromatic nitrogens is 2. The number of ether oxygens (including phenoxy) is 1. The van der Waals surface area contributed by atoms with Gasteiger partial charge in [-0.05, 0) is 61.2 Å². The molecule has 0 spiro atoms. The van der Waals surface area contributed by atoms with E-state index < -0.39 is 0 Å². The van der Waals surface area contributed by atoms with Gasteiger partial charge in [0.2, 0.25) is 0 Å². The third kappa shape index (κ3) is 4.02. The Bertz CT molecular complexity index is 1090. The number of nitriles is 1. The number of rotatable bonds is 6. The summed E-state index contributed by atoms with van der Waals surface area (Å²) in [5.74, 6) is 1.46. The van der Waals surface area contributed by atoms with E-state index in [2.05, 4.69) is 54.1 Å². The number of nitrogens with zero attached hydrogens (tertiary/aromatic N) is 3. The van der Waals surface area contributed by atoms with Crippen LogP contribution in [0.1, 0.15) is 45.3 Å². The summed E-state index contributed by atoms with van der Waals surface area (Å²) in [5.41, 5.74) is 9.14. The van der Waals surface area contributed by atoms with Gasteiger partial charge in [-0.3, -0.25) is 4.90 Å². The van der Waals surface area contributed by atoms with Crippen LogP contribution in [0.15, 0.2) is 36.4 Å². The van der Waals surface area contributed by atoms with Crippen LogP contribution in [0.4, 0.5) is 0 Å². The van der Waals surface area contributed by atoms with Gasteiger partial charge >= 0.3 is 0 Å². The summed E-state index contributed by atoms with van der Waals surface area (Å²) in [6.45, 7) is 9.88. The Kier molecular flexibility index (Phi) is 5.72. The van der Waals surface area contributed by atoms with E-state index in [4.69, 9.17) is 15.0 Å². The van der Waals surface area contributed by atoms with Crippen LogP contribution in [-0.4, -0.2) is 35.1 Å². The zero-order chi connectivity index (χ0) is 21.3. The summed E-state index contributed by atoms with van der Waals surface area (Å²) in [6, 6.07) is 14.8. The fourth-order valence-corrected chi connectivity index (χ4v) is 4.32. The Morgan fingerprint density at radius 1 is 1.13 bits per heavy atom. The average Bonchev–Trinajstić information content (AvgIpc) is 3.06. The predicted octanol–water partition coefficient (Wildman–Crippen LogP) is 4.62. The second-order valence-electron chi connectivity index (χ2n) is 8.30. The van der Waals surface area contributed by atoms with E-state index in [-0.39, 0.29) is 0 Å². The first-order valence-electron chi connectivity index (χ1n) is 10.4. The van der Waals surface area contributed by atoms with Crippen LogP contribution in [0.3, 0.4) is 0 Å². The smallest absolute Gasteiger partial charge is 0.103 e. The van der Waals surface area contributed by atoms with Crippen molar-refractivity contribution in [2.75, 3.05) is 20.2 Å². The normalized spacial score (nSPS) is 14.5. The minimum Gasteiger partial charge on any atom is -0.378 e. The summed E-state index contributed by atoms with van der Waals surface area (Å²) >= 11 is 0. The maximum absolute atomic E-state index is 8.97. The number of nitrogens with one attached hydrogen (secondary N) is 1. The van der Waals surface area contributed by atoms with Crippen molar-refractivity contribution in [3.63, 3.8) is 0 Å². The lowest BCUT2D eigenvalue weighted by Crippen LogP contribution is -2.44. The van der Waals surface area contributed by atoms with E-state index in [0.717, 1.165) is 42.4 Å². The molecular formula is C25H28N4O. The molecule has 0 bridgehead atoms. The van der Waals surface area contributed by atoms with Crippen molar-refractivity contribution >= 4 is 0 Å². The van der Waals surface area contributed by atoms with Crippen molar-refractivity contribution in [3.05, 3.63) is 75.7 Å². The van der Waals surface area contributed by atoms with Crippen molar-refractivity contribution in [2.24, 2.45) is 0 Å². The molecule has 154 valence electrons. The summed E-state index contributed by atoms with van der Waals surface area (Å²) in [6.07, 6.45) is 0. The highest BCUT2D eigenvalue weighted by Crippen LogP contribution is 2.32. The van der Waals surface area contributed by atoms with Gasteiger partial charge in [0.1, 0.15) is 5.82 Å². The molecule has 0 atom stereocenters. The van der Waals surface area contributed by atoms with Gasteiger partial charge in [-0.15, -0.1) is 0 Å². The Hall–Kier alpha value is -2.94. The molecule has 2 aromatic carbocycles. The van der Waals surface area contributed by atoms with Crippen LogP contribution in [-0.2, 0) is 17.9 Å². The molecule has 0 unspecified atom stereocenters. The standard InChI is InChI=1S/C25H28N4O/c1-16-9-17(2)23(25-24(15-30-4)27-18(3)28-25)10-21(16)12-29-13-22(14-29)20-7-5-19(11-26)6-8-20/h5-10,22H,12-15H2,1-4H3,(H,27,28). The van der Waals surface area contributed by atoms with E-state index in [1.54, 1.807) is 7.11 Å². The molecule has 0 amide bonds. The molecule has 1 aromatic heterocycles. The van der Waals surface area contributed by atoms with E-state index in [9.17, 15) is 0 Å². The lowest BCUT2D eigenvalue weighted by molar-refractivity contribution is 0.139. The summed E-state index contributed by atoms with van der Waals surface area (Å²) in [5, 5.41) is 8.97. The Labute approximate surface area is 178 Å². The van der Waals surface area contributed by atoms with Crippen molar-refractivity contribution in [1.82, 2.24) is 14.9 Å². The molecule has 2 heterocycles. The van der Waals surface area contributed by atoms with E-state index in [1.165, 1.54) is 27.8 Å². The molecule has 0 aliphatic carbocycles. The SMILES string of the molecule is COCc1[nH]c(C)nc1-c1cc(CN2CC(c3ccc(C#N)cc3)C2)c(C)cc1C. The highest BCUT2D eigenvalue weighted by Gasteiger charge is 2.28. The van der Waals surface area contributed by atoms with Gasteiger partial charge < -0.3 is 9.72 Å². The molecule has 0 saturated carbocycles. The minimum absolute atomic E-state index is 0.525. The molecule has 3 aromatic rings. The zero-order valence-corrected chi connectivity index (χ0v) is 18.1. The van der Waals surface area contributed by atoms with Gasteiger partial charge in [-0.1, -0.05) is 18.2 Å². The number of benzene rings is 2. The Balaban J connectivity index is 1.50. The van der Waals surface area contributed by atoms with Gasteiger partial charge in [-0.2, -0.15) is 5.26 Å². The molecule has 1 saturated heterocycles. The largest absolute Gasteiger partial charge is 0.378 e. The quantitative estimate of drug-likeness (QED) is 0.656. The van der Waals surface area contributed by atoms with Gasteiger partial charge in [0.05, 0.1) is 29.6 Å². The Morgan fingerprint density at radius 2 is 1.87 bits per heavy atom. The van der Waals surface area contributed by atoms with Gasteiger partial charge in [0.15, 0.2) is 0 Å². The molecule has 1 fully saturated rings. The first-order valence-corrected chi connectivity index (χ1v) is 10.4. The molecule has 4 rings (SSSR count). The maximum Gasteiger partial charge on any atom is 0.103 e. The molecule has 0 radical (unpaired) electrons. The number of likely N-dealkylation sites (tertiary alicyclic amines) is 1. The monoisotopic (exact) mass is 400 g/mol. The van der Waals surface area contributed by atoms with Crippen LogP contribution in [0.25, 0.3) is 11.3 Å². The second kappa shape index (κ2) is 8.43. The topological polar surface area (TPSA) is 64.9 Å². The highest BCUT2D eigenvalue weighted by molar-refractivity contribution is 5.68. The van der Waals surface area contributed by atoms with Gasteiger partial charge in [-0.25, -0.2) is 4.98 Å². The van der Waals surface area contributed by atoms with Gasteiger partial charge in [0.25, 0.3) is 0 Å². The maximum atomic E-state index is 8.97. The molecular weight excluding hydrogens is 372 g/mol. The van der Waals surface area contributed by atoms with Gasteiger partial charge in [0, 0.05) is 38.2 Å². The van der Waals surface area contributed by atoms with Crippen molar-refractivity contribution in [2.45, 2.75) is 39.8 Å². The number of aromatic amines is 1. The number of hydrogen-bond acceptors (Lipinski definition) is 4. The first-order chi connectivity index (χ1) is 14.5. The first kappa shape index (κ1) is 20.3. The number of imidazole rings is 1. The van der Waals surface area contributed by atoms with Crippen molar-refractivity contribution in [3.8, 4) is 17.3 Å². The van der Waals surface area contributed by atoms with Crippen LogP contribution >= 0.6 is 0 Å². The molecule has 5 heteroatoms. The fourth-order valence-electron chi connectivity index (χ4n) is 4.32. The second-order valence-corrected chi connectivity index (χ2v) is 8.30. The third-order valence-electron chi connectivity index (χ3n) is 5.99. The van der Waals surface area contributed by atoms with E-state index in [1.807, 2.05) is 19.1 Å². The lowest BCUT2D eigenvalue weighted by atomic mass is 9.89. The van der Waals surface area contributed by atoms with Crippen LogP contribution < -0.4 is 0 Å². The molecule has 1 aliphatic heterocycles. The molecule has 1 aliphatic rings. The molecule has 5 nitrogen and oxygen atoms in total. The molecule has 1 N–H and O–H groups in total.